The molecule has 106 valence electrons. The van der Waals surface area contributed by atoms with Crippen molar-refractivity contribution in [1.82, 2.24) is 5.32 Å². The highest BCUT2D eigenvalue weighted by Crippen LogP contribution is 2.13. The highest BCUT2D eigenvalue weighted by molar-refractivity contribution is 5.86. The van der Waals surface area contributed by atoms with Gasteiger partial charge in [0.2, 0.25) is 11.7 Å². The number of amides is 1. The van der Waals surface area contributed by atoms with Gasteiger partial charge >= 0.3 is 5.97 Å². The molecule has 1 aromatic rings. The molecule has 0 saturated heterocycles. The summed E-state index contributed by atoms with van der Waals surface area (Å²) >= 11 is 0. The fraction of sp³-hybridized carbons (Fsp3) is 0.571. The van der Waals surface area contributed by atoms with Crippen molar-refractivity contribution in [3.8, 4) is 0 Å². The Morgan fingerprint density at radius 3 is 2.58 bits per heavy atom. The standard InChI is InChI=1S/C14H21NO4/c1-9(2)7-10(3)18-14(17)13-6-5-12(19-13)8-15-11(4)16/h5-6,9-10H,7-8H2,1-4H3,(H,15,16)/t10-/m0/s1. The van der Waals surface area contributed by atoms with E-state index in [1.165, 1.54) is 6.92 Å². The third-order valence-corrected chi connectivity index (χ3v) is 2.49. The highest BCUT2D eigenvalue weighted by atomic mass is 16.6. The van der Waals surface area contributed by atoms with Gasteiger partial charge in [0.05, 0.1) is 12.6 Å². The molecule has 1 rings (SSSR count). The predicted molar refractivity (Wildman–Crippen MR) is 70.6 cm³/mol. The third-order valence-electron chi connectivity index (χ3n) is 2.49. The Morgan fingerprint density at radius 1 is 1.32 bits per heavy atom. The lowest BCUT2D eigenvalue weighted by atomic mass is 10.1. The minimum atomic E-state index is -0.470. The van der Waals surface area contributed by atoms with E-state index in [0.29, 0.717) is 11.7 Å². The molecule has 0 bridgehead atoms. The van der Waals surface area contributed by atoms with Crippen LogP contribution >= 0.6 is 0 Å². The maximum atomic E-state index is 11.8. The molecule has 5 nitrogen and oxygen atoms in total. The molecule has 1 aromatic heterocycles. The molecule has 0 saturated carbocycles. The predicted octanol–water partition coefficient (Wildman–Crippen LogP) is 2.51. The first-order chi connectivity index (χ1) is 8.88. The fourth-order valence-corrected chi connectivity index (χ4v) is 1.75. The van der Waals surface area contributed by atoms with E-state index in [2.05, 4.69) is 19.2 Å². The van der Waals surface area contributed by atoms with Gasteiger partial charge in [0, 0.05) is 6.92 Å². The minimum Gasteiger partial charge on any atom is -0.457 e. The van der Waals surface area contributed by atoms with Crippen molar-refractivity contribution < 1.29 is 18.7 Å². The van der Waals surface area contributed by atoms with Gasteiger partial charge in [-0.3, -0.25) is 4.79 Å². The summed E-state index contributed by atoms with van der Waals surface area (Å²) in [5.41, 5.74) is 0. The fourth-order valence-electron chi connectivity index (χ4n) is 1.75. The van der Waals surface area contributed by atoms with Crippen LogP contribution in [0.2, 0.25) is 0 Å². The van der Waals surface area contributed by atoms with Gasteiger partial charge in [0.15, 0.2) is 0 Å². The molecule has 1 amide bonds. The Balaban J connectivity index is 2.51. The number of hydrogen-bond acceptors (Lipinski definition) is 4. The van der Waals surface area contributed by atoms with Crippen molar-refractivity contribution in [2.24, 2.45) is 5.92 Å². The van der Waals surface area contributed by atoms with Crippen molar-refractivity contribution in [3.05, 3.63) is 23.7 Å². The molecule has 0 aliphatic rings. The summed E-state index contributed by atoms with van der Waals surface area (Å²) in [7, 11) is 0. The van der Waals surface area contributed by atoms with E-state index in [0.717, 1.165) is 6.42 Å². The second-order valence-electron chi connectivity index (χ2n) is 5.02. The van der Waals surface area contributed by atoms with Crippen LogP contribution in [0.4, 0.5) is 0 Å². The molecule has 0 aromatic carbocycles. The lowest BCUT2D eigenvalue weighted by molar-refractivity contribution is -0.119. The lowest BCUT2D eigenvalue weighted by Gasteiger charge is -2.14. The summed E-state index contributed by atoms with van der Waals surface area (Å²) in [6.45, 7) is 7.69. The van der Waals surface area contributed by atoms with Gasteiger partial charge in [-0.1, -0.05) is 13.8 Å². The van der Waals surface area contributed by atoms with Crippen LogP contribution in [0.15, 0.2) is 16.5 Å². The maximum absolute atomic E-state index is 11.8. The quantitative estimate of drug-likeness (QED) is 0.804. The van der Waals surface area contributed by atoms with Crippen LogP contribution in [0.5, 0.6) is 0 Å². The summed E-state index contributed by atoms with van der Waals surface area (Å²) in [4.78, 5) is 22.5. The molecular formula is C14H21NO4. The molecule has 0 unspecified atom stereocenters. The number of rotatable bonds is 6. The average Bonchev–Trinajstić information content (AvgIpc) is 2.73. The van der Waals surface area contributed by atoms with E-state index in [-0.39, 0.29) is 24.3 Å². The van der Waals surface area contributed by atoms with E-state index in [9.17, 15) is 9.59 Å². The molecule has 0 aliphatic carbocycles. The topological polar surface area (TPSA) is 68.5 Å². The Labute approximate surface area is 113 Å². The monoisotopic (exact) mass is 267 g/mol. The van der Waals surface area contributed by atoms with Crippen LogP contribution in [0.1, 0.15) is 50.4 Å². The van der Waals surface area contributed by atoms with Gasteiger partial charge in [0.25, 0.3) is 0 Å². The number of hydrogen-bond donors (Lipinski definition) is 1. The Kier molecular flexibility index (Phi) is 5.60. The van der Waals surface area contributed by atoms with Gasteiger partial charge in [-0.05, 0) is 31.4 Å². The van der Waals surface area contributed by atoms with E-state index < -0.39 is 5.97 Å². The van der Waals surface area contributed by atoms with Gasteiger partial charge in [0.1, 0.15) is 5.76 Å². The van der Waals surface area contributed by atoms with E-state index in [1.54, 1.807) is 12.1 Å². The number of carbonyl (C=O) groups is 2. The van der Waals surface area contributed by atoms with E-state index in [1.807, 2.05) is 6.92 Å². The Morgan fingerprint density at radius 2 is 2.00 bits per heavy atom. The van der Waals surface area contributed by atoms with E-state index in [4.69, 9.17) is 9.15 Å². The first-order valence-corrected chi connectivity index (χ1v) is 6.42. The number of furan rings is 1. The van der Waals surface area contributed by atoms with Crippen molar-refractivity contribution in [3.63, 3.8) is 0 Å². The third kappa shape index (κ3) is 5.59. The van der Waals surface area contributed by atoms with Gasteiger partial charge < -0.3 is 14.5 Å². The van der Waals surface area contributed by atoms with Crippen LogP contribution in [-0.4, -0.2) is 18.0 Å². The SMILES string of the molecule is CC(=O)NCc1ccc(C(=O)O[C@@H](C)CC(C)C)o1. The van der Waals surface area contributed by atoms with Crippen molar-refractivity contribution in [1.29, 1.82) is 0 Å². The number of esters is 1. The molecule has 0 radical (unpaired) electrons. The molecule has 1 N–H and O–H groups in total. The molecular weight excluding hydrogens is 246 g/mol. The van der Waals surface area contributed by atoms with Crippen LogP contribution in [0.3, 0.4) is 0 Å². The zero-order valence-electron chi connectivity index (χ0n) is 11.9. The molecule has 5 heteroatoms. The van der Waals surface area contributed by atoms with Crippen LogP contribution in [0, 0.1) is 5.92 Å². The maximum Gasteiger partial charge on any atom is 0.374 e. The first-order valence-electron chi connectivity index (χ1n) is 6.42. The summed E-state index contributed by atoms with van der Waals surface area (Å²) in [6.07, 6.45) is 0.668. The largest absolute Gasteiger partial charge is 0.457 e. The molecule has 0 fully saturated rings. The minimum absolute atomic E-state index is 0.142. The highest BCUT2D eigenvalue weighted by Gasteiger charge is 2.16. The van der Waals surface area contributed by atoms with Crippen molar-refractivity contribution in [2.75, 3.05) is 0 Å². The summed E-state index contributed by atoms with van der Waals surface area (Å²) in [5, 5.41) is 2.60. The second kappa shape index (κ2) is 6.97. The first kappa shape index (κ1) is 15.3. The summed E-state index contributed by atoms with van der Waals surface area (Å²) in [6, 6.07) is 3.21. The molecule has 1 atom stereocenters. The summed E-state index contributed by atoms with van der Waals surface area (Å²) in [5.74, 6) is 0.539. The molecule has 0 spiro atoms. The van der Waals surface area contributed by atoms with Crippen LogP contribution in [0.25, 0.3) is 0 Å². The average molecular weight is 267 g/mol. The van der Waals surface area contributed by atoms with Gasteiger partial charge in [-0.2, -0.15) is 0 Å². The second-order valence-corrected chi connectivity index (χ2v) is 5.02. The molecule has 0 aliphatic heterocycles. The molecule has 19 heavy (non-hydrogen) atoms. The number of carbonyl (C=O) groups excluding carboxylic acids is 2. The van der Waals surface area contributed by atoms with Gasteiger partial charge in [-0.15, -0.1) is 0 Å². The van der Waals surface area contributed by atoms with E-state index >= 15 is 0 Å². The van der Waals surface area contributed by atoms with Crippen LogP contribution < -0.4 is 5.32 Å². The summed E-state index contributed by atoms with van der Waals surface area (Å²) < 4.78 is 10.6. The Hall–Kier alpha value is -1.78. The number of ether oxygens (including phenoxy) is 1. The Bertz CT molecular complexity index is 436. The normalized spacial score (nSPS) is 12.3. The lowest BCUT2D eigenvalue weighted by Crippen LogP contribution is -2.18. The zero-order chi connectivity index (χ0) is 14.4. The smallest absolute Gasteiger partial charge is 0.374 e. The van der Waals surface area contributed by atoms with Crippen molar-refractivity contribution in [2.45, 2.75) is 46.8 Å². The zero-order valence-corrected chi connectivity index (χ0v) is 11.9. The van der Waals surface area contributed by atoms with Gasteiger partial charge in [-0.25, -0.2) is 4.79 Å². The molecule has 1 heterocycles. The number of nitrogens with one attached hydrogen (secondary N) is 1. The van der Waals surface area contributed by atoms with Crippen LogP contribution in [-0.2, 0) is 16.1 Å². The van der Waals surface area contributed by atoms with Crippen molar-refractivity contribution >= 4 is 11.9 Å².